The molecule has 1 unspecified atom stereocenters. The molecule has 0 saturated carbocycles. The van der Waals surface area contributed by atoms with E-state index in [4.69, 9.17) is 9.88 Å². The fourth-order valence-electron chi connectivity index (χ4n) is 1.49. The van der Waals surface area contributed by atoms with Crippen LogP contribution in [-0.4, -0.2) is 34.1 Å². The van der Waals surface area contributed by atoms with Gasteiger partial charge in [0.15, 0.2) is 11.6 Å². The Morgan fingerprint density at radius 2 is 2.05 bits per heavy atom. The lowest BCUT2D eigenvalue weighted by Gasteiger charge is -2.13. The number of primary sulfonamides is 1. The third kappa shape index (κ3) is 3.95. The second kappa shape index (κ2) is 6.25. The fourth-order valence-corrected chi connectivity index (χ4v) is 2.04. The van der Waals surface area contributed by atoms with Gasteiger partial charge in [-0.1, -0.05) is 0 Å². The zero-order valence-corrected chi connectivity index (χ0v) is 11.6. The van der Waals surface area contributed by atoms with E-state index in [1.807, 2.05) is 0 Å². The zero-order valence-electron chi connectivity index (χ0n) is 10.8. The Bertz CT molecular complexity index is 619. The number of methoxy groups -OCH3 is 1. The molecule has 0 aliphatic carbocycles. The Balaban J connectivity index is 3.17. The fraction of sp³-hybridized carbons (Fsp3) is 0.364. The van der Waals surface area contributed by atoms with Crippen LogP contribution in [0.25, 0.3) is 0 Å². The lowest BCUT2D eigenvalue weighted by Crippen LogP contribution is -2.36. The van der Waals surface area contributed by atoms with Crippen LogP contribution in [0.4, 0.5) is 8.78 Å². The summed E-state index contributed by atoms with van der Waals surface area (Å²) in [6.07, 6.45) is 0. The number of nitrogens with two attached hydrogens (primary N) is 1. The monoisotopic (exact) mass is 308 g/mol. The number of carbonyl (C=O) groups is 1. The lowest BCUT2D eigenvalue weighted by atomic mass is 10.2. The highest BCUT2D eigenvalue weighted by Crippen LogP contribution is 2.18. The maximum atomic E-state index is 13.6. The molecule has 0 radical (unpaired) electrons. The summed E-state index contributed by atoms with van der Waals surface area (Å²) in [6, 6.07) is 0.635. The number of carbonyl (C=O) groups excluding carboxylic acids is 1. The summed E-state index contributed by atoms with van der Waals surface area (Å²) in [7, 11) is -2.84. The van der Waals surface area contributed by atoms with Gasteiger partial charge in [-0.2, -0.15) is 0 Å². The average molecular weight is 308 g/mol. The molecule has 0 saturated heterocycles. The molecule has 9 heteroatoms. The van der Waals surface area contributed by atoms with Crippen molar-refractivity contribution in [1.82, 2.24) is 5.32 Å². The molecule has 20 heavy (non-hydrogen) atoms. The predicted molar refractivity (Wildman–Crippen MR) is 66.5 cm³/mol. The van der Waals surface area contributed by atoms with E-state index < -0.39 is 44.1 Å². The van der Waals surface area contributed by atoms with E-state index in [2.05, 4.69) is 5.32 Å². The van der Waals surface area contributed by atoms with Gasteiger partial charge in [-0.3, -0.25) is 4.79 Å². The number of hydrogen-bond donors (Lipinski definition) is 2. The van der Waals surface area contributed by atoms with E-state index >= 15 is 0 Å². The van der Waals surface area contributed by atoms with Gasteiger partial charge in [0.05, 0.1) is 17.1 Å². The Morgan fingerprint density at radius 1 is 1.45 bits per heavy atom. The van der Waals surface area contributed by atoms with E-state index in [1.165, 1.54) is 7.11 Å². The van der Waals surface area contributed by atoms with Gasteiger partial charge < -0.3 is 10.1 Å². The largest absolute Gasteiger partial charge is 0.383 e. The molecular weight excluding hydrogens is 294 g/mol. The topological polar surface area (TPSA) is 98.5 Å². The van der Waals surface area contributed by atoms with Crippen LogP contribution in [0.3, 0.4) is 0 Å². The van der Waals surface area contributed by atoms with Crippen LogP contribution >= 0.6 is 0 Å². The quantitative estimate of drug-likeness (QED) is 0.821. The summed E-state index contributed by atoms with van der Waals surface area (Å²) < 4.78 is 53.9. The molecule has 0 aromatic heterocycles. The minimum Gasteiger partial charge on any atom is -0.383 e. The normalized spacial score (nSPS) is 13.1. The third-order valence-corrected chi connectivity index (χ3v) is 3.26. The van der Waals surface area contributed by atoms with Crippen molar-refractivity contribution in [2.24, 2.45) is 5.14 Å². The standard InChI is InChI=1S/C11H14F2N2O4S/c1-6(5-19-2)15-11(16)8-3-7(20(14,17)18)4-9(12)10(8)13/h3-4,6H,5H2,1-2H3,(H,15,16)(H2,14,17,18). The van der Waals surface area contributed by atoms with Crippen LogP contribution in [0.1, 0.15) is 17.3 Å². The lowest BCUT2D eigenvalue weighted by molar-refractivity contribution is 0.0900. The van der Waals surface area contributed by atoms with Crippen molar-refractivity contribution in [2.45, 2.75) is 17.9 Å². The highest BCUT2D eigenvalue weighted by molar-refractivity contribution is 7.89. The Kier molecular flexibility index (Phi) is 5.15. The molecule has 0 spiro atoms. The van der Waals surface area contributed by atoms with Gasteiger partial charge in [0.25, 0.3) is 5.91 Å². The predicted octanol–water partition coefficient (Wildman–Crippen LogP) is 0.377. The van der Waals surface area contributed by atoms with Crippen molar-refractivity contribution in [3.05, 3.63) is 29.3 Å². The number of benzene rings is 1. The summed E-state index contributed by atoms with van der Waals surface area (Å²) in [4.78, 5) is 11.1. The molecule has 0 heterocycles. The second-order valence-electron chi connectivity index (χ2n) is 4.14. The summed E-state index contributed by atoms with van der Waals surface area (Å²) >= 11 is 0. The molecule has 0 aliphatic rings. The number of sulfonamides is 1. The van der Waals surface area contributed by atoms with E-state index in [-0.39, 0.29) is 6.61 Å². The molecular formula is C11H14F2N2O4S. The second-order valence-corrected chi connectivity index (χ2v) is 5.70. The average Bonchev–Trinajstić information content (AvgIpc) is 2.31. The van der Waals surface area contributed by atoms with Gasteiger partial charge >= 0.3 is 0 Å². The molecule has 1 aromatic rings. The zero-order chi connectivity index (χ0) is 15.5. The molecule has 1 rings (SSSR count). The minimum absolute atomic E-state index is 0.157. The Hall–Kier alpha value is -1.58. The number of rotatable bonds is 5. The van der Waals surface area contributed by atoms with Crippen LogP contribution in [0, 0.1) is 11.6 Å². The van der Waals surface area contributed by atoms with E-state index in [1.54, 1.807) is 6.92 Å². The number of halogens is 2. The van der Waals surface area contributed by atoms with Crippen molar-refractivity contribution in [1.29, 1.82) is 0 Å². The van der Waals surface area contributed by atoms with Crippen molar-refractivity contribution in [3.63, 3.8) is 0 Å². The van der Waals surface area contributed by atoms with Gasteiger partial charge in [0.2, 0.25) is 10.0 Å². The first kappa shape index (κ1) is 16.5. The molecule has 6 nitrogen and oxygen atoms in total. The summed E-state index contributed by atoms with van der Waals surface area (Å²) in [5.41, 5.74) is -0.739. The number of ether oxygens (including phenoxy) is 1. The number of hydrogen-bond acceptors (Lipinski definition) is 4. The maximum absolute atomic E-state index is 13.6. The van der Waals surface area contributed by atoms with Crippen LogP contribution in [0.2, 0.25) is 0 Å². The molecule has 3 N–H and O–H groups in total. The van der Waals surface area contributed by atoms with Crippen molar-refractivity contribution in [3.8, 4) is 0 Å². The summed E-state index contributed by atoms with van der Waals surface area (Å²) in [6.45, 7) is 1.74. The Labute approximate surface area is 115 Å². The van der Waals surface area contributed by atoms with Gasteiger partial charge in [0, 0.05) is 13.2 Å². The van der Waals surface area contributed by atoms with E-state index in [0.717, 1.165) is 0 Å². The SMILES string of the molecule is COCC(C)NC(=O)c1cc(S(N)(=O)=O)cc(F)c1F. The first-order valence-corrected chi connectivity index (χ1v) is 7.03. The first-order valence-electron chi connectivity index (χ1n) is 5.48. The van der Waals surface area contributed by atoms with Crippen LogP contribution in [0.15, 0.2) is 17.0 Å². The molecule has 1 amide bonds. The number of amides is 1. The summed E-state index contributed by atoms with van der Waals surface area (Å²) in [5, 5.41) is 7.16. The highest BCUT2D eigenvalue weighted by atomic mass is 32.2. The number of nitrogens with one attached hydrogen (secondary N) is 1. The van der Waals surface area contributed by atoms with Crippen LogP contribution in [-0.2, 0) is 14.8 Å². The molecule has 112 valence electrons. The van der Waals surface area contributed by atoms with Gasteiger partial charge in [-0.05, 0) is 19.1 Å². The molecule has 0 aliphatic heterocycles. The van der Waals surface area contributed by atoms with Crippen LogP contribution in [0.5, 0.6) is 0 Å². The molecule has 1 aromatic carbocycles. The first-order chi connectivity index (χ1) is 9.16. The third-order valence-electron chi connectivity index (χ3n) is 2.37. The maximum Gasteiger partial charge on any atom is 0.254 e. The molecule has 0 fully saturated rings. The van der Waals surface area contributed by atoms with E-state index in [9.17, 15) is 22.0 Å². The van der Waals surface area contributed by atoms with E-state index in [0.29, 0.717) is 12.1 Å². The molecule has 1 atom stereocenters. The highest BCUT2D eigenvalue weighted by Gasteiger charge is 2.22. The van der Waals surface area contributed by atoms with Crippen molar-refractivity contribution in [2.75, 3.05) is 13.7 Å². The minimum atomic E-state index is -4.25. The van der Waals surface area contributed by atoms with Gasteiger partial charge in [-0.25, -0.2) is 22.3 Å². The molecule has 0 bridgehead atoms. The summed E-state index contributed by atoms with van der Waals surface area (Å²) in [5.74, 6) is -3.88. The smallest absolute Gasteiger partial charge is 0.254 e. The Morgan fingerprint density at radius 3 is 2.55 bits per heavy atom. The van der Waals surface area contributed by atoms with Gasteiger partial charge in [0.1, 0.15) is 0 Å². The van der Waals surface area contributed by atoms with Gasteiger partial charge in [-0.15, -0.1) is 0 Å². The van der Waals surface area contributed by atoms with Crippen molar-refractivity contribution >= 4 is 15.9 Å². The van der Waals surface area contributed by atoms with Crippen LogP contribution < -0.4 is 10.5 Å². The van der Waals surface area contributed by atoms with Crippen molar-refractivity contribution < 1.29 is 26.7 Å².